The lowest BCUT2D eigenvalue weighted by Crippen LogP contribution is -2.38. The van der Waals surface area contributed by atoms with E-state index >= 15 is 0 Å². The van der Waals surface area contributed by atoms with Crippen molar-refractivity contribution in [1.82, 2.24) is 0 Å². The zero-order chi connectivity index (χ0) is 16.9. The number of primary amides is 1. The molecule has 4 N–H and O–H groups in total. The van der Waals surface area contributed by atoms with Crippen LogP contribution in [0.15, 0.2) is 0 Å². The number of rotatable bonds is 4. The van der Waals surface area contributed by atoms with Gasteiger partial charge in [-0.15, -0.1) is 11.3 Å². The first-order valence-electron chi connectivity index (χ1n) is 7.74. The number of carboxylic acids is 1. The number of hydrogen-bond acceptors (Lipinski definition) is 4. The maximum absolute atomic E-state index is 12.7. The minimum Gasteiger partial charge on any atom is -0.481 e. The third kappa shape index (κ3) is 2.52. The Labute approximate surface area is 138 Å². The molecule has 0 aromatic carbocycles. The van der Waals surface area contributed by atoms with E-state index in [0.29, 0.717) is 10.6 Å². The Bertz CT molecular complexity index is 696. The van der Waals surface area contributed by atoms with Gasteiger partial charge in [-0.1, -0.05) is 0 Å². The lowest BCUT2D eigenvalue weighted by Gasteiger charge is -2.26. The van der Waals surface area contributed by atoms with Crippen molar-refractivity contribution < 1.29 is 19.5 Å². The van der Waals surface area contributed by atoms with Gasteiger partial charge in [0, 0.05) is 4.88 Å². The summed E-state index contributed by atoms with van der Waals surface area (Å²) in [6.45, 7) is 3.65. The summed E-state index contributed by atoms with van der Waals surface area (Å²) in [6.07, 6.45) is 2.59. The molecule has 23 heavy (non-hydrogen) atoms. The molecule has 2 saturated carbocycles. The van der Waals surface area contributed by atoms with Crippen LogP contribution in [-0.2, 0) is 9.59 Å². The third-order valence-electron chi connectivity index (χ3n) is 5.37. The van der Waals surface area contributed by atoms with Gasteiger partial charge >= 0.3 is 5.97 Å². The Morgan fingerprint density at radius 3 is 2.35 bits per heavy atom. The van der Waals surface area contributed by atoms with Crippen molar-refractivity contribution in [1.29, 1.82) is 0 Å². The first-order valence-corrected chi connectivity index (χ1v) is 8.56. The van der Waals surface area contributed by atoms with Crippen LogP contribution in [0.3, 0.4) is 0 Å². The van der Waals surface area contributed by atoms with E-state index in [2.05, 4.69) is 5.32 Å². The number of nitrogens with two attached hydrogens (primary N) is 1. The van der Waals surface area contributed by atoms with Crippen molar-refractivity contribution in [2.24, 2.45) is 29.4 Å². The number of aliphatic carboxylic acids is 1. The summed E-state index contributed by atoms with van der Waals surface area (Å²) in [5.74, 6) is -2.69. The fourth-order valence-electron chi connectivity index (χ4n) is 4.23. The monoisotopic (exact) mass is 336 g/mol. The van der Waals surface area contributed by atoms with Crippen molar-refractivity contribution in [2.75, 3.05) is 5.32 Å². The molecule has 4 atom stereocenters. The van der Waals surface area contributed by atoms with Crippen LogP contribution in [0.1, 0.15) is 40.1 Å². The summed E-state index contributed by atoms with van der Waals surface area (Å²) < 4.78 is 0. The summed E-state index contributed by atoms with van der Waals surface area (Å²) in [7, 11) is 0. The van der Waals surface area contributed by atoms with Crippen LogP contribution in [-0.4, -0.2) is 22.9 Å². The molecule has 2 amide bonds. The van der Waals surface area contributed by atoms with E-state index in [1.165, 1.54) is 11.3 Å². The van der Waals surface area contributed by atoms with Gasteiger partial charge in [0.15, 0.2) is 0 Å². The van der Waals surface area contributed by atoms with Gasteiger partial charge in [0.05, 0.1) is 17.4 Å². The van der Waals surface area contributed by atoms with Gasteiger partial charge in [-0.25, -0.2) is 0 Å². The molecule has 3 rings (SSSR count). The first-order chi connectivity index (χ1) is 10.8. The number of fused-ring (bicyclic) bond motifs is 2. The molecular weight excluding hydrogens is 316 g/mol. The van der Waals surface area contributed by atoms with E-state index in [1.807, 2.05) is 6.92 Å². The van der Waals surface area contributed by atoms with Crippen molar-refractivity contribution >= 4 is 34.1 Å². The molecule has 1 aromatic heterocycles. The molecule has 0 radical (unpaired) electrons. The SMILES string of the molecule is Cc1sc(NC(=O)[C@@H]2[C@@H]3CC[C@@H](C3)[C@@H]2C(=O)O)c(C(N)=O)c1C. The van der Waals surface area contributed by atoms with Gasteiger partial charge < -0.3 is 16.2 Å². The van der Waals surface area contributed by atoms with Gasteiger partial charge in [-0.05, 0) is 50.5 Å². The Hall–Kier alpha value is -1.89. The van der Waals surface area contributed by atoms with E-state index in [4.69, 9.17) is 5.73 Å². The van der Waals surface area contributed by atoms with Crippen molar-refractivity contribution in [3.05, 3.63) is 16.0 Å². The molecule has 0 spiro atoms. The molecule has 2 aliphatic carbocycles. The zero-order valence-corrected chi connectivity index (χ0v) is 13.9. The highest BCUT2D eigenvalue weighted by molar-refractivity contribution is 7.16. The lowest BCUT2D eigenvalue weighted by atomic mass is 9.79. The number of carbonyl (C=O) groups excluding carboxylic acids is 2. The molecule has 2 fully saturated rings. The van der Waals surface area contributed by atoms with Crippen LogP contribution in [0, 0.1) is 37.5 Å². The molecule has 0 unspecified atom stereocenters. The van der Waals surface area contributed by atoms with Crippen LogP contribution >= 0.6 is 11.3 Å². The zero-order valence-electron chi connectivity index (χ0n) is 13.1. The Morgan fingerprint density at radius 2 is 1.78 bits per heavy atom. The number of carboxylic acid groups (broad SMARTS) is 1. The Morgan fingerprint density at radius 1 is 1.17 bits per heavy atom. The molecule has 2 bridgehead atoms. The van der Waals surface area contributed by atoms with Gasteiger partial charge in [0.1, 0.15) is 5.00 Å². The van der Waals surface area contributed by atoms with E-state index in [1.54, 1.807) is 6.92 Å². The third-order valence-corrected chi connectivity index (χ3v) is 6.50. The number of hydrogen-bond donors (Lipinski definition) is 3. The number of thiophene rings is 1. The highest BCUT2D eigenvalue weighted by Crippen LogP contribution is 2.52. The number of amides is 2. The molecule has 2 aliphatic rings. The summed E-state index contributed by atoms with van der Waals surface area (Å²) in [5, 5.41) is 12.7. The largest absolute Gasteiger partial charge is 0.481 e. The number of aryl methyl sites for hydroxylation is 1. The van der Waals surface area contributed by atoms with E-state index in [0.717, 1.165) is 29.7 Å². The number of carbonyl (C=O) groups is 3. The molecule has 1 aromatic rings. The summed E-state index contributed by atoms with van der Waals surface area (Å²) >= 11 is 1.31. The van der Waals surface area contributed by atoms with Crippen LogP contribution in [0.5, 0.6) is 0 Å². The molecular formula is C16H20N2O4S. The van der Waals surface area contributed by atoms with Crippen LogP contribution in [0.2, 0.25) is 0 Å². The molecule has 0 aliphatic heterocycles. The summed E-state index contributed by atoms with van der Waals surface area (Å²) in [5.41, 5.74) is 6.51. The van der Waals surface area contributed by atoms with Gasteiger partial charge in [0.25, 0.3) is 5.91 Å². The average Bonchev–Trinajstić information content (AvgIpc) is 3.12. The summed E-state index contributed by atoms with van der Waals surface area (Å²) in [4.78, 5) is 36.8. The van der Waals surface area contributed by atoms with Crippen molar-refractivity contribution in [3.8, 4) is 0 Å². The highest BCUT2D eigenvalue weighted by Gasteiger charge is 2.54. The standard InChI is InChI=1S/C16H20N2O4S/c1-6-7(2)23-15(10(6)13(17)19)18-14(20)11-8-3-4-9(5-8)12(11)16(21)22/h8-9,11-12H,3-5H2,1-2H3,(H2,17,19)(H,18,20)(H,21,22)/t8-,9+,11-,12+/m1/s1. The van der Waals surface area contributed by atoms with E-state index in [9.17, 15) is 19.5 Å². The lowest BCUT2D eigenvalue weighted by molar-refractivity contribution is -0.148. The summed E-state index contributed by atoms with van der Waals surface area (Å²) in [6, 6.07) is 0. The second-order valence-corrected chi connectivity index (χ2v) is 7.79. The molecule has 0 saturated heterocycles. The molecule has 124 valence electrons. The van der Waals surface area contributed by atoms with E-state index < -0.39 is 23.7 Å². The topological polar surface area (TPSA) is 109 Å². The van der Waals surface area contributed by atoms with Crippen LogP contribution in [0.25, 0.3) is 0 Å². The number of nitrogens with one attached hydrogen (secondary N) is 1. The number of anilines is 1. The molecule has 7 heteroatoms. The first kappa shape index (κ1) is 16.0. The Kier molecular flexibility index (Phi) is 3.91. The van der Waals surface area contributed by atoms with Gasteiger partial charge in [-0.2, -0.15) is 0 Å². The minimum atomic E-state index is -0.897. The molecule has 6 nitrogen and oxygen atoms in total. The second kappa shape index (κ2) is 5.63. The fourth-order valence-corrected chi connectivity index (χ4v) is 5.30. The highest BCUT2D eigenvalue weighted by atomic mass is 32.1. The maximum atomic E-state index is 12.7. The van der Waals surface area contributed by atoms with E-state index in [-0.39, 0.29) is 17.7 Å². The van der Waals surface area contributed by atoms with Crippen LogP contribution < -0.4 is 11.1 Å². The smallest absolute Gasteiger partial charge is 0.307 e. The van der Waals surface area contributed by atoms with Crippen LogP contribution in [0.4, 0.5) is 5.00 Å². The normalized spacial score (nSPS) is 28.8. The fraction of sp³-hybridized carbons (Fsp3) is 0.562. The average molecular weight is 336 g/mol. The van der Waals surface area contributed by atoms with Crippen molar-refractivity contribution in [2.45, 2.75) is 33.1 Å². The maximum Gasteiger partial charge on any atom is 0.307 e. The Balaban J connectivity index is 1.86. The van der Waals surface area contributed by atoms with Gasteiger partial charge in [-0.3, -0.25) is 14.4 Å². The molecule has 1 heterocycles. The predicted molar refractivity (Wildman–Crippen MR) is 86.4 cm³/mol. The van der Waals surface area contributed by atoms with Gasteiger partial charge in [0.2, 0.25) is 5.91 Å². The second-order valence-electron chi connectivity index (χ2n) is 6.56. The minimum absolute atomic E-state index is 0.0932. The predicted octanol–water partition coefficient (Wildman–Crippen LogP) is 2.15. The van der Waals surface area contributed by atoms with Crippen molar-refractivity contribution in [3.63, 3.8) is 0 Å². The quantitative estimate of drug-likeness (QED) is 0.782.